The number of rotatable bonds is 7. The number of para-hydroxylation sites is 2. The van der Waals surface area contributed by atoms with Gasteiger partial charge in [0.2, 0.25) is 11.8 Å². The minimum absolute atomic E-state index is 0.0740. The minimum atomic E-state index is -1.01. The molecule has 0 aliphatic carbocycles. The van der Waals surface area contributed by atoms with Crippen molar-refractivity contribution in [1.29, 1.82) is 0 Å². The lowest BCUT2D eigenvalue weighted by molar-refractivity contribution is -0.120. The van der Waals surface area contributed by atoms with E-state index >= 15 is 0 Å². The number of anilines is 3. The van der Waals surface area contributed by atoms with Gasteiger partial charge in [0.1, 0.15) is 0 Å². The van der Waals surface area contributed by atoms with Crippen molar-refractivity contribution in [3.05, 3.63) is 95.6 Å². The van der Waals surface area contributed by atoms with Crippen molar-refractivity contribution in [3.8, 4) is 0 Å². The smallest absolute Gasteiger partial charge is 0.248 e. The second-order valence-electron chi connectivity index (χ2n) is 9.46. The number of halogens is 2. The molecular formula is C29H30F2N4O2. The Morgan fingerprint density at radius 2 is 1.70 bits per heavy atom. The van der Waals surface area contributed by atoms with Gasteiger partial charge >= 0.3 is 0 Å². The van der Waals surface area contributed by atoms with E-state index in [9.17, 15) is 18.4 Å². The zero-order valence-electron chi connectivity index (χ0n) is 20.7. The number of hydrogen-bond donors (Lipinski definition) is 3. The number of benzene rings is 3. The molecule has 2 amide bonds. The van der Waals surface area contributed by atoms with Gasteiger partial charge in [-0.2, -0.15) is 0 Å². The number of nitrogens with two attached hydrogens (primary N) is 1. The first-order chi connectivity index (χ1) is 17.7. The number of nitrogens with zero attached hydrogens (tertiary/aromatic N) is 1. The van der Waals surface area contributed by atoms with Crippen molar-refractivity contribution < 1.29 is 18.4 Å². The van der Waals surface area contributed by atoms with E-state index in [1.54, 1.807) is 30.3 Å². The third-order valence-electron chi connectivity index (χ3n) is 6.61. The van der Waals surface area contributed by atoms with Gasteiger partial charge in [-0.25, -0.2) is 8.78 Å². The summed E-state index contributed by atoms with van der Waals surface area (Å²) in [6.07, 6.45) is 3.15. The molecule has 4 N–H and O–H groups in total. The molecule has 0 saturated carbocycles. The average Bonchev–Trinajstić information content (AvgIpc) is 3.33. The van der Waals surface area contributed by atoms with Gasteiger partial charge in [-0.1, -0.05) is 36.4 Å². The summed E-state index contributed by atoms with van der Waals surface area (Å²) in [6, 6.07) is 18.3. The number of nitrogens with one attached hydrogen (secondary N) is 2. The van der Waals surface area contributed by atoms with Crippen LogP contribution in [0, 0.1) is 17.6 Å². The lowest BCUT2D eigenvalue weighted by atomic mass is 9.88. The molecule has 6 nitrogen and oxygen atoms in total. The largest absolute Gasteiger partial charge is 0.397 e. The van der Waals surface area contributed by atoms with Crippen molar-refractivity contribution in [2.75, 3.05) is 29.5 Å². The fourth-order valence-corrected chi connectivity index (χ4v) is 4.48. The molecule has 1 saturated heterocycles. The first kappa shape index (κ1) is 26.0. The average molecular weight is 505 g/mol. The number of likely N-dealkylation sites (tertiary alicyclic amines) is 1. The molecule has 3 aromatic rings. The van der Waals surface area contributed by atoms with Crippen LogP contribution >= 0.6 is 0 Å². The SMILES string of the molecule is CC(C)N1CC(C(=O)Nc2ccc(F)c(F)c2)C(c2ccc(C=CC(=O)Nc3ccccc3N)cc2)C1. The maximum atomic E-state index is 13.6. The lowest BCUT2D eigenvalue weighted by Gasteiger charge is -2.20. The number of carbonyl (C=O) groups excluding carboxylic acids is 2. The summed E-state index contributed by atoms with van der Waals surface area (Å²) >= 11 is 0. The first-order valence-corrected chi connectivity index (χ1v) is 12.1. The molecular weight excluding hydrogens is 474 g/mol. The number of hydrogen-bond acceptors (Lipinski definition) is 4. The van der Waals surface area contributed by atoms with E-state index in [4.69, 9.17) is 5.73 Å². The molecule has 192 valence electrons. The van der Waals surface area contributed by atoms with E-state index in [1.807, 2.05) is 24.3 Å². The molecule has 4 rings (SSSR count). The van der Waals surface area contributed by atoms with Crippen LogP contribution in [0.2, 0.25) is 0 Å². The van der Waals surface area contributed by atoms with Crippen molar-refractivity contribution >= 4 is 35.0 Å². The van der Waals surface area contributed by atoms with Gasteiger partial charge in [0.05, 0.1) is 17.3 Å². The molecule has 2 unspecified atom stereocenters. The summed E-state index contributed by atoms with van der Waals surface area (Å²) in [5.74, 6) is -2.93. The van der Waals surface area contributed by atoms with Crippen LogP contribution < -0.4 is 16.4 Å². The quantitative estimate of drug-likeness (QED) is 0.303. The summed E-state index contributed by atoms with van der Waals surface area (Å²) in [6.45, 7) is 5.41. The molecule has 2 atom stereocenters. The Hall–Kier alpha value is -4.04. The second-order valence-corrected chi connectivity index (χ2v) is 9.46. The molecule has 0 spiro atoms. The summed E-state index contributed by atoms with van der Waals surface area (Å²) in [5.41, 5.74) is 8.96. The van der Waals surface area contributed by atoms with Crippen LogP contribution in [0.25, 0.3) is 6.08 Å². The van der Waals surface area contributed by atoms with Crippen molar-refractivity contribution in [2.24, 2.45) is 5.92 Å². The van der Waals surface area contributed by atoms with Crippen LogP contribution in [-0.2, 0) is 9.59 Å². The van der Waals surface area contributed by atoms with E-state index in [-0.39, 0.29) is 35.4 Å². The van der Waals surface area contributed by atoms with Crippen LogP contribution in [0.5, 0.6) is 0 Å². The molecule has 37 heavy (non-hydrogen) atoms. The van der Waals surface area contributed by atoms with Crippen LogP contribution in [0.15, 0.2) is 72.8 Å². The summed E-state index contributed by atoms with van der Waals surface area (Å²) in [4.78, 5) is 27.7. The maximum absolute atomic E-state index is 13.6. The van der Waals surface area contributed by atoms with Gasteiger partial charge in [-0.15, -0.1) is 0 Å². The van der Waals surface area contributed by atoms with Gasteiger partial charge in [-0.3, -0.25) is 14.5 Å². The zero-order chi connectivity index (χ0) is 26.5. The molecule has 0 radical (unpaired) electrons. The summed E-state index contributed by atoms with van der Waals surface area (Å²) in [5, 5.41) is 5.49. The van der Waals surface area contributed by atoms with Gasteiger partial charge in [-0.05, 0) is 55.3 Å². The van der Waals surface area contributed by atoms with Gasteiger partial charge in [0.25, 0.3) is 0 Å². The zero-order valence-corrected chi connectivity index (χ0v) is 20.7. The fourth-order valence-electron chi connectivity index (χ4n) is 4.48. The number of carbonyl (C=O) groups is 2. The Bertz CT molecular complexity index is 1310. The topological polar surface area (TPSA) is 87.5 Å². The Morgan fingerprint density at radius 3 is 2.38 bits per heavy atom. The first-order valence-electron chi connectivity index (χ1n) is 12.1. The van der Waals surface area contributed by atoms with Crippen LogP contribution in [0.1, 0.15) is 30.9 Å². The summed E-state index contributed by atoms with van der Waals surface area (Å²) < 4.78 is 26.9. The van der Waals surface area contributed by atoms with Crippen molar-refractivity contribution in [3.63, 3.8) is 0 Å². The second kappa shape index (κ2) is 11.3. The third kappa shape index (κ3) is 6.40. The van der Waals surface area contributed by atoms with E-state index < -0.39 is 11.6 Å². The molecule has 8 heteroatoms. The van der Waals surface area contributed by atoms with Crippen LogP contribution in [-0.4, -0.2) is 35.8 Å². The Labute approximate surface area is 215 Å². The van der Waals surface area contributed by atoms with Gasteiger partial charge in [0.15, 0.2) is 11.6 Å². The van der Waals surface area contributed by atoms with Gasteiger partial charge < -0.3 is 16.4 Å². The molecule has 0 aromatic heterocycles. The van der Waals surface area contributed by atoms with E-state index in [0.717, 1.165) is 23.3 Å². The molecule has 0 bridgehead atoms. The summed E-state index contributed by atoms with van der Waals surface area (Å²) in [7, 11) is 0. The van der Waals surface area contributed by atoms with Crippen LogP contribution in [0.3, 0.4) is 0 Å². The monoisotopic (exact) mass is 504 g/mol. The normalized spacial score (nSPS) is 17.9. The maximum Gasteiger partial charge on any atom is 0.248 e. The van der Waals surface area contributed by atoms with Crippen LogP contribution in [0.4, 0.5) is 25.8 Å². The van der Waals surface area contributed by atoms with Gasteiger partial charge in [0, 0.05) is 42.9 Å². The molecule has 1 fully saturated rings. The Balaban J connectivity index is 1.45. The van der Waals surface area contributed by atoms with E-state index in [0.29, 0.717) is 24.5 Å². The standard InChI is InChI=1S/C29H30F2N4O2/c1-18(2)35-16-22(23(17-35)29(37)33-21-12-13-24(30)25(31)15-21)20-10-7-19(8-11-20)9-14-28(36)34-27-6-4-3-5-26(27)32/h3-15,18,22-23H,16-17,32H2,1-2H3,(H,33,37)(H,34,36). The molecule has 1 aliphatic rings. The Kier molecular flexibility index (Phi) is 7.98. The fraction of sp³-hybridized carbons (Fsp3) is 0.241. The molecule has 3 aromatic carbocycles. The third-order valence-corrected chi connectivity index (χ3v) is 6.61. The highest BCUT2D eigenvalue weighted by atomic mass is 19.2. The highest BCUT2D eigenvalue weighted by Crippen LogP contribution is 2.35. The van der Waals surface area contributed by atoms with Crippen molar-refractivity contribution in [1.82, 2.24) is 4.90 Å². The number of amides is 2. The van der Waals surface area contributed by atoms with Crippen molar-refractivity contribution in [2.45, 2.75) is 25.8 Å². The predicted octanol–water partition coefficient (Wildman–Crippen LogP) is 5.26. The highest BCUT2D eigenvalue weighted by molar-refractivity contribution is 6.03. The lowest BCUT2D eigenvalue weighted by Crippen LogP contribution is -2.31. The molecule has 1 heterocycles. The van der Waals surface area contributed by atoms with E-state index in [2.05, 4.69) is 29.4 Å². The predicted molar refractivity (Wildman–Crippen MR) is 143 cm³/mol. The molecule has 1 aliphatic heterocycles. The number of nitrogen functional groups attached to an aromatic ring is 1. The van der Waals surface area contributed by atoms with E-state index in [1.165, 1.54) is 12.1 Å². The highest BCUT2D eigenvalue weighted by Gasteiger charge is 2.39. The minimum Gasteiger partial charge on any atom is -0.397 e. The Morgan fingerprint density at radius 1 is 0.973 bits per heavy atom.